The molecule has 4 heteroatoms. The van der Waals surface area contributed by atoms with Gasteiger partial charge >= 0.3 is 0 Å². The molecule has 0 fully saturated rings. The summed E-state index contributed by atoms with van der Waals surface area (Å²) in [6, 6.07) is 4.98. The Bertz CT molecular complexity index is 1060. The third-order valence-corrected chi connectivity index (χ3v) is 19.1. The van der Waals surface area contributed by atoms with Crippen molar-refractivity contribution in [3.05, 3.63) is 52.6 Å². The molecule has 0 saturated heterocycles. The van der Waals surface area contributed by atoms with Gasteiger partial charge in [0.15, 0.2) is 8.32 Å². The van der Waals surface area contributed by atoms with Gasteiger partial charge in [-0.3, -0.25) is 0 Å². The lowest BCUT2D eigenvalue weighted by molar-refractivity contribution is 0.426. The average molecular weight is 627 g/mol. The van der Waals surface area contributed by atoms with Crippen LogP contribution in [0.4, 0.5) is 0 Å². The topological polar surface area (TPSA) is 29.5 Å². The van der Waals surface area contributed by atoms with Crippen LogP contribution in [-0.4, -0.2) is 21.4 Å². The quantitative estimate of drug-likeness (QED) is 0.119. The van der Waals surface area contributed by atoms with E-state index in [1.165, 1.54) is 67.2 Å². The minimum Gasteiger partial charge on any atom is -0.543 e. The number of hydrogen-bond acceptors (Lipinski definition) is 2. The number of unbranched alkanes of at least 4 members (excludes halogenated alkanes) is 3. The molecule has 2 atom stereocenters. The maximum atomic E-state index is 11.5. The van der Waals surface area contributed by atoms with Crippen LogP contribution >= 0.6 is 0 Å². The average Bonchev–Trinajstić information content (AvgIpc) is 2.84. The van der Waals surface area contributed by atoms with Crippen LogP contribution in [0.2, 0.25) is 36.3 Å². The molecule has 1 aliphatic carbocycles. The SMILES string of the molecule is C=C(C)[C@H]1CCC(CCC)=C[C@@H]1c1c(CC(C)(C)[Si](C)(C)O)cc(C(C)(C)CCCCCC)cc1O[Si](C)(C)C(C)(C)C. The standard InChI is InChI=1S/C39H70O2Si2/c1-16-18-19-20-24-38(8,9)32-26-31(28-39(10,11)42(12,13)40)36(35(27-32)41-43(14,15)37(5,6)7)34-25-30(21-17-2)22-23-33(34)29(3)4/h25-27,33-34,40H,3,16-24,28H2,1-2,4-15H3/t33-,34+/m1/s1. The highest BCUT2D eigenvalue weighted by molar-refractivity contribution is 6.74. The van der Waals surface area contributed by atoms with Gasteiger partial charge in [-0.05, 0) is 104 Å². The summed E-state index contributed by atoms with van der Waals surface area (Å²) in [4.78, 5) is 11.5. The first kappa shape index (κ1) is 38.1. The molecule has 2 nitrogen and oxygen atoms in total. The minimum absolute atomic E-state index is 0.0480. The van der Waals surface area contributed by atoms with Crippen molar-refractivity contribution >= 4 is 16.6 Å². The summed E-state index contributed by atoms with van der Waals surface area (Å²) in [7, 11) is -4.60. The molecule has 0 aliphatic heterocycles. The second-order valence-electron chi connectivity index (χ2n) is 17.3. The molecular formula is C39H70O2Si2. The predicted molar refractivity (Wildman–Crippen MR) is 197 cm³/mol. The zero-order chi connectivity index (χ0) is 33.0. The van der Waals surface area contributed by atoms with E-state index in [4.69, 9.17) is 4.43 Å². The molecule has 246 valence electrons. The van der Waals surface area contributed by atoms with E-state index in [9.17, 15) is 4.80 Å². The molecule has 0 spiro atoms. The molecule has 1 aromatic carbocycles. The van der Waals surface area contributed by atoms with Gasteiger partial charge in [-0.1, -0.05) is 124 Å². The highest BCUT2D eigenvalue weighted by atomic mass is 28.4. The Kier molecular flexibility index (Phi) is 12.9. The van der Waals surface area contributed by atoms with Crippen molar-refractivity contribution in [1.82, 2.24) is 0 Å². The van der Waals surface area contributed by atoms with Crippen molar-refractivity contribution in [3.63, 3.8) is 0 Å². The van der Waals surface area contributed by atoms with E-state index in [2.05, 4.69) is 120 Å². The molecular weight excluding hydrogens is 557 g/mol. The predicted octanol–water partition coefficient (Wildman–Crippen LogP) is 12.6. The third kappa shape index (κ3) is 9.69. The second-order valence-corrected chi connectivity index (χ2v) is 26.5. The second kappa shape index (κ2) is 14.5. The Labute approximate surface area is 270 Å². The highest BCUT2D eigenvalue weighted by Crippen LogP contribution is 2.51. The minimum atomic E-state index is -2.46. The first-order chi connectivity index (χ1) is 19.6. The number of rotatable bonds is 15. The lowest BCUT2D eigenvalue weighted by Gasteiger charge is -2.42. The summed E-state index contributed by atoms with van der Waals surface area (Å²) >= 11 is 0. The number of benzene rings is 1. The lowest BCUT2D eigenvalue weighted by Crippen LogP contribution is -2.44. The summed E-state index contributed by atoms with van der Waals surface area (Å²) < 4.78 is 7.42. The number of allylic oxidation sites excluding steroid dienone is 3. The van der Waals surface area contributed by atoms with Crippen LogP contribution < -0.4 is 4.43 Å². The van der Waals surface area contributed by atoms with E-state index in [-0.39, 0.29) is 21.4 Å². The molecule has 43 heavy (non-hydrogen) atoms. The summed E-state index contributed by atoms with van der Waals surface area (Å²) in [6.07, 6.45) is 14.4. The molecule has 0 amide bonds. The van der Waals surface area contributed by atoms with E-state index < -0.39 is 16.6 Å². The van der Waals surface area contributed by atoms with Gasteiger partial charge in [0, 0.05) is 11.5 Å². The van der Waals surface area contributed by atoms with E-state index in [1.54, 1.807) is 5.57 Å². The highest BCUT2D eigenvalue weighted by Gasteiger charge is 2.43. The van der Waals surface area contributed by atoms with Gasteiger partial charge in [0.05, 0.1) is 0 Å². The van der Waals surface area contributed by atoms with Gasteiger partial charge in [-0.15, -0.1) is 0 Å². The monoisotopic (exact) mass is 626 g/mol. The maximum absolute atomic E-state index is 11.5. The fourth-order valence-corrected chi connectivity index (χ4v) is 7.93. The fraction of sp³-hybridized carbons (Fsp3) is 0.744. The molecule has 0 heterocycles. The molecule has 0 bridgehead atoms. The first-order valence-corrected chi connectivity index (χ1v) is 23.4. The van der Waals surface area contributed by atoms with E-state index >= 15 is 0 Å². The summed E-state index contributed by atoms with van der Waals surface area (Å²) in [5, 5.41) is -0.0812. The third-order valence-electron chi connectivity index (χ3n) is 11.3. The van der Waals surface area contributed by atoms with Crippen LogP contribution in [0.25, 0.3) is 0 Å². The van der Waals surface area contributed by atoms with E-state index in [1.807, 2.05) is 0 Å². The largest absolute Gasteiger partial charge is 0.543 e. The Hall–Kier alpha value is -1.11. The van der Waals surface area contributed by atoms with Crippen LogP contribution in [0.1, 0.15) is 150 Å². The van der Waals surface area contributed by atoms with Crippen LogP contribution in [0, 0.1) is 5.92 Å². The molecule has 0 aromatic heterocycles. The van der Waals surface area contributed by atoms with Crippen LogP contribution in [0.15, 0.2) is 35.9 Å². The van der Waals surface area contributed by atoms with Crippen LogP contribution in [0.3, 0.4) is 0 Å². The van der Waals surface area contributed by atoms with Crippen molar-refractivity contribution in [1.29, 1.82) is 0 Å². The molecule has 1 N–H and O–H groups in total. The maximum Gasteiger partial charge on any atom is 0.250 e. The van der Waals surface area contributed by atoms with Crippen molar-refractivity contribution in [2.75, 3.05) is 0 Å². The normalized spacial score (nSPS) is 18.9. The molecule has 1 aliphatic rings. The smallest absolute Gasteiger partial charge is 0.250 e. The summed E-state index contributed by atoms with van der Waals surface area (Å²) in [6.45, 7) is 36.8. The van der Waals surface area contributed by atoms with E-state index in [0.717, 1.165) is 25.0 Å². The molecule has 0 saturated carbocycles. The van der Waals surface area contributed by atoms with Gasteiger partial charge in [-0.25, -0.2) is 0 Å². The number of hydrogen-bond donors (Lipinski definition) is 1. The van der Waals surface area contributed by atoms with Gasteiger partial charge in [-0.2, -0.15) is 0 Å². The Morgan fingerprint density at radius 3 is 2.09 bits per heavy atom. The Balaban J connectivity index is 2.97. The molecule has 1 aromatic rings. The van der Waals surface area contributed by atoms with Crippen LogP contribution in [-0.2, 0) is 11.8 Å². The summed E-state index contributed by atoms with van der Waals surface area (Å²) in [5.41, 5.74) is 7.07. The van der Waals surface area contributed by atoms with Crippen molar-refractivity contribution in [2.45, 2.75) is 181 Å². The van der Waals surface area contributed by atoms with Crippen LogP contribution in [0.5, 0.6) is 5.75 Å². The zero-order valence-corrected chi connectivity index (χ0v) is 33.0. The summed E-state index contributed by atoms with van der Waals surface area (Å²) in [5.74, 6) is 1.76. The van der Waals surface area contributed by atoms with Crippen molar-refractivity contribution < 1.29 is 9.22 Å². The van der Waals surface area contributed by atoms with Gasteiger partial charge in [0.2, 0.25) is 8.32 Å². The zero-order valence-electron chi connectivity index (χ0n) is 31.0. The van der Waals surface area contributed by atoms with Gasteiger partial charge < -0.3 is 9.22 Å². The first-order valence-electron chi connectivity index (χ1n) is 17.5. The van der Waals surface area contributed by atoms with Crippen molar-refractivity contribution in [2.24, 2.45) is 5.92 Å². The lowest BCUT2D eigenvalue weighted by atomic mass is 9.70. The Morgan fingerprint density at radius 1 is 0.953 bits per heavy atom. The molecule has 0 unspecified atom stereocenters. The molecule has 0 radical (unpaired) electrons. The Morgan fingerprint density at radius 2 is 1.58 bits per heavy atom. The van der Waals surface area contributed by atoms with E-state index in [0.29, 0.717) is 5.92 Å². The van der Waals surface area contributed by atoms with Gasteiger partial charge in [0.1, 0.15) is 5.75 Å². The fourth-order valence-electron chi connectivity index (χ4n) is 6.28. The van der Waals surface area contributed by atoms with Crippen molar-refractivity contribution in [3.8, 4) is 5.75 Å². The van der Waals surface area contributed by atoms with Gasteiger partial charge in [0.25, 0.3) is 0 Å². The molecule has 2 rings (SSSR count).